The molecule has 0 aliphatic heterocycles. The first-order valence-electron chi connectivity index (χ1n) is 3.09. The van der Waals surface area contributed by atoms with E-state index in [1.165, 1.54) is 0 Å². The summed E-state index contributed by atoms with van der Waals surface area (Å²) in [6.07, 6.45) is 1.61. The fourth-order valence-electron chi connectivity index (χ4n) is 0.363. The molecule has 0 aliphatic rings. The highest BCUT2D eigenvalue weighted by Gasteiger charge is 2.22. The lowest BCUT2D eigenvalue weighted by atomic mass is 10.5. The number of hydrogen-bond donors (Lipinski definition) is 3. The normalized spacial score (nSPS) is 11.2. The van der Waals surface area contributed by atoms with Gasteiger partial charge in [-0.1, -0.05) is 6.58 Å². The maximum atomic E-state index is 10.6. The monoisotopic (exact) mass is 188 g/mol. The van der Waals surface area contributed by atoms with Crippen molar-refractivity contribution in [2.45, 2.75) is 5.97 Å². The van der Waals surface area contributed by atoms with Crippen LogP contribution in [0, 0.1) is 0 Å². The van der Waals surface area contributed by atoms with Crippen molar-refractivity contribution in [3.63, 3.8) is 0 Å². The van der Waals surface area contributed by atoms with Gasteiger partial charge in [0, 0.05) is 18.2 Å². The van der Waals surface area contributed by atoms with Crippen LogP contribution in [0.5, 0.6) is 0 Å². The van der Waals surface area contributed by atoms with E-state index in [2.05, 4.69) is 11.3 Å². The molecule has 0 saturated heterocycles. The Labute approximate surface area is 73.4 Å². The van der Waals surface area contributed by atoms with Gasteiger partial charge in [-0.3, -0.25) is 0 Å². The maximum Gasteiger partial charge on any atom is 0.346 e. The van der Waals surface area contributed by atoms with Gasteiger partial charge >= 0.3 is 17.9 Å². The molecule has 0 spiro atoms. The number of carboxylic acid groups (broad SMARTS) is 1. The second kappa shape index (κ2) is 4.39. The van der Waals surface area contributed by atoms with Gasteiger partial charge in [0.25, 0.3) is 0 Å². The zero-order valence-corrected chi connectivity index (χ0v) is 6.51. The van der Waals surface area contributed by atoms with E-state index in [1.807, 2.05) is 0 Å². The fraction of sp³-hybridized carbons (Fsp3) is 0.143. The number of aliphatic hydroxyl groups is 2. The Bertz CT molecular complexity index is 252. The molecule has 0 aromatic rings. The van der Waals surface area contributed by atoms with E-state index < -0.39 is 17.9 Å². The fourth-order valence-corrected chi connectivity index (χ4v) is 0.363. The predicted molar refractivity (Wildman–Crippen MR) is 40.2 cm³/mol. The van der Waals surface area contributed by atoms with Gasteiger partial charge in [0.05, 0.1) is 0 Å². The van der Waals surface area contributed by atoms with Crippen LogP contribution in [0.25, 0.3) is 0 Å². The quantitative estimate of drug-likeness (QED) is 0.226. The Hall–Kier alpha value is -1.66. The minimum Gasteiger partial charge on any atom is -0.478 e. The third kappa shape index (κ3) is 5.59. The average Bonchev–Trinajstić information content (AvgIpc) is 2.00. The molecule has 72 valence electrons. The summed E-state index contributed by atoms with van der Waals surface area (Å²) in [5, 5.41) is 25.4. The van der Waals surface area contributed by atoms with Crippen molar-refractivity contribution in [1.82, 2.24) is 0 Å². The van der Waals surface area contributed by atoms with Gasteiger partial charge in [-0.2, -0.15) is 0 Å². The summed E-state index contributed by atoms with van der Waals surface area (Å²) >= 11 is 0. The summed E-state index contributed by atoms with van der Waals surface area (Å²) < 4.78 is 3.94. The van der Waals surface area contributed by atoms with E-state index >= 15 is 0 Å². The smallest absolute Gasteiger partial charge is 0.346 e. The van der Waals surface area contributed by atoms with E-state index in [0.29, 0.717) is 18.2 Å². The number of hydrogen-bond acceptors (Lipinski definition) is 5. The molecule has 6 heteroatoms. The topological polar surface area (TPSA) is 104 Å². The van der Waals surface area contributed by atoms with Gasteiger partial charge in [0.2, 0.25) is 0 Å². The molecule has 0 aliphatic carbocycles. The van der Waals surface area contributed by atoms with Gasteiger partial charge in [-0.05, 0) is 0 Å². The third-order valence-corrected chi connectivity index (χ3v) is 0.879. The van der Waals surface area contributed by atoms with E-state index in [4.69, 9.17) is 15.3 Å². The molecule has 0 aromatic carbocycles. The Morgan fingerprint density at radius 2 is 1.85 bits per heavy atom. The summed E-state index contributed by atoms with van der Waals surface area (Å²) in [5.41, 5.74) is 0. The van der Waals surface area contributed by atoms with Crippen LogP contribution in [-0.4, -0.2) is 33.2 Å². The summed E-state index contributed by atoms with van der Waals surface area (Å²) in [4.78, 5) is 20.5. The molecule has 0 amide bonds. The number of aliphatic carboxylic acids is 1. The van der Waals surface area contributed by atoms with Gasteiger partial charge < -0.3 is 20.1 Å². The molecular formula is C7H8O6. The van der Waals surface area contributed by atoms with E-state index in [1.54, 1.807) is 0 Å². The minimum absolute atomic E-state index is 0.501. The second-order valence-electron chi connectivity index (χ2n) is 1.96. The molecule has 13 heavy (non-hydrogen) atoms. The molecule has 0 aromatic heterocycles. The van der Waals surface area contributed by atoms with E-state index in [9.17, 15) is 9.59 Å². The van der Waals surface area contributed by atoms with Crippen LogP contribution in [0.2, 0.25) is 0 Å². The van der Waals surface area contributed by atoms with Crippen LogP contribution in [0.4, 0.5) is 0 Å². The van der Waals surface area contributed by atoms with Crippen molar-refractivity contribution >= 4 is 11.9 Å². The summed E-state index contributed by atoms with van der Waals surface area (Å²) in [6, 6.07) is 0. The van der Waals surface area contributed by atoms with Crippen molar-refractivity contribution in [2.24, 2.45) is 0 Å². The largest absolute Gasteiger partial charge is 0.478 e. The Kier molecular flexibility index (Phi) is 3.83. The third-order valence-electron chi connectivity index (χ3n) is 0.879. The van der Waals surface area contributed by atoms with Crippen molar-refractivity contribution in [3.8, 4) is 0 Å². The molecule has 0 radical (unpaired) electrons. The highest BCUT2D eigenvalue weighted by atomic mass is 16.8. The molecule has 0 fully saturated rings. The minimum atomic E-state index is -2.78. The van der Waals surface area contributed by atoms with Crippen molar-refractivity contribution < 1.29 is 29.6 Å². The average molecular weight is 188 g/mol. The molecule has 0 heterocycles. The summed E-state index contributed by atoms with van der Waals surface area (Å²) in [5.74, 6) is -5.33. The highest BCUT2D eigenvalue weighted by molar-refractivity contribution is 5.90. The van der Waals surface area contributed by atoms with E-state index in [0.717, 1.165) is 0 Å². The highest BCUT2D eigenvalue weighted by Crippen LogP contribution is 2.02. The van der Waals surface area contributed by atoms with Crippen LogP contribution in [0.3, 0.4) is 0 Å². The number of esters is 1. The van der Waals surface area contributed by atoms with Gasteiger partial charge in [0.15, 0.2) is 0 Å². The lowest BCUT2D eigenvalue weighted by molar-refractivity contribution is -0.283. The number of carbonyl (C=O) groups excluding carboxylic acids is 1. The first kappa shape index (κ1) is 11.3. The number of ether oxygens (including phenoxy) is 1. The molecule has 0 rings (SSSR count). The van der Waals surface area contributed by atoms with Gasteiger partial charge in [-0.15, -0.1) is 0 Å². The molecule has 6 nitrogen and oxygen atoms in total. The Balaban J connectivity index is 4.17. The standard InChI is InChI=1S/C7H8O6/c1-2-7(11,12)13-6(10)4-3-5(8)9/h2-4,11-12H,1H2,(H,8,9)/b4-3-. The molecule has 0 bridgehead atoms. The van der Waals surface area contributed by atoms with Crippen LogP contribution in [-0.2, 0) is 14.3 Å². The molecule has 0 unspecified atom stereocenters. The lowest BCUT2D eigenvalue weighted by Gasteiger charge is -2.15. The number of carbonyl (C=O) groups is 2. The zero-order valence-electron chi connectivity index (χ0n) is 6.51. The van der Waals surface area contributed by atoms with Crippen molar-refractivity contribution in [2.75, 3.05) is 0 Å². The molecule has 0 saturated carbocycles. The van der Waals surface area contributed by atoms with Gasteiger partial charge in [0.1, 0.15) is 0 Å². The van der Waals surface area contributed by atoms with E-state index in [-0.39, 0.29) is 0 Å². The Morgan fingerprint density at radius 1 is 1.31 bits per heavy atom. The molecule has 0 atom stereocenters. The predicted octanol–water partition coefficient (Wildman–Crippen LogP) is -1.01. The maximum absolute atomic E-state index is 10.6. The zero-order chi connectivity index (χ0) is 10.5. The number of carboxylic acids is 1. The summed E-state index contributed by atoms with van der Waals surface area (Å²) in [6.45, 7) is 2.96. The van der Waals surface area contributed by atoms with Crippen LogP contribution >= 0.6 is 0 Å². The second-order valence-corrected chi connectivity index (χ2v) is 1.96. The van der Waals surface area contributed by atoms with Crippen molar-refractivity contribution in [3.05, 3.63) is 24.8 Å². The summed E-state index contributed by atoms with van der Waals surface area (Å²) in [7, 11) is 0. The first-order chi connectivity index (χ1) is 5.87. The van der Waals surface area contributed by atoms with Crippen LogP contribution < -0.4 is 0 Å². The van der Waals surface area contributed by atoms with Crippen LogP contribution in [0.1, 0.15) is 0 Å². The first-order valence-corrected chi connectivity index (χ1v) is 3.09. The van der Waals surface area contributed by atoms with Crippen molar-refractivity contribution in [1.29, 1.82) is 0 Å². The molecule has 3 N–H and O–H groups in total. The number of rotatable bonds is 4. The molecular weight excluding hydrogens is 180 g/mol. The van der Waals surface area contributed by atoms with Crippen LogP contribution in [0.15, 0.2) is 24.8 Å². The lowest BCUT2D eigenvalue weighted by Crippen LogP contribution is -2.31. The Morgan fingerprint density at radius 3 is 2.23 bits per heavy atom. The SMILES string of the molecule is C=CC(O)(O)OC(=O)/C=C\C(=O)O. The van der Waals surface area contributed by atoms with Gasteiger partial charge in [-0.25, -0.2) is 9.59 Å².